The minimum atomic E-state index is -0.373. The number of hydrogen-bond acceptors (Lipinski definition) is 6. The van der Waals surface area contributed by atoms with Gasteiger partial charge in [-0.2, -0.15) is 0 Å². The molecule has 0 saturated carbocycles. The second kappa shape index (κ2) is 7.55. The molecule has 0 bridgehead atoms. The molecule has 0 aliphatic carbocycles. The van der Waals surface area contributed by atoms with Gasteiger partial charge in [-0.3, -0.25) is 0 Å². The Morgan fingerprint density at radius 1 is 1.30 bits per heavy atom. The molecule has 1 fully saturated rings. The third kappa shape index (κ3) is 3.88. The van der Waals surface area contributed by atoms with Crippen LogP contribution in [0.5, 0.6) is 0 Å². The summed E-state index contributed by atoms with van der Waals surface area (Å²) in [6, 6.07) is 10.6. The minimum absolute atomic E-state index is 0.356. The van der Waals surface area contributed by atoms with Crippen molar-refractivity contribution in [2.45, 2.75) is 26.2 Å². The molecule has 3 rings (SSSR count). The fourth-order valence-corrected chi connectivity index (χ4v) is 3.72. The number of hydrogen-bond donors (Lipinski definition) is 0. The Balaban J connectivity index is 1.59. The molecule has 2 aromatic rings. The monoisotopic (exact) mass is 331 g/mol. The van der Waals surface area contributed by atoms with Crippen molar-refractivity contribution in [1.29, 1.82) is 0 Å². The van der Waals surface area contributed by atoms with E-state index in [9.17, 15) is 4.79 Å². The predicted octanol–water partition coefficient (Wildman–Crippen LogP) is 3.17. The largest absolute Gasteiger partial charge is 0.461 e. The van der Waals surface area contributed by atoms with E-state index in [4.69, 9.17) is 4.74 Å². The van der Waals surface area contributed by atoms with Crippen LogP contribution in [0.4, 0.5) is 5.00 Å². The zero-order valence-electron chi connectivity index (χ0n) is 13.3. The van der Waals surface area contributed by atoms with Crippen LogP contribution in [0.15, 0.2) is 30.3 Å². The van der Waals surface area contributed by atoms with E-state index in [0.29, 0.717) is 18.2 Å². The Morgan fingerprint density at radius 3 is 2.74 bits per heavy atom. The highest BCUT2D eigenvalue weighted by Gasteiger charge is 2.26. The normalized spacial score (nSPS) is 15.6. The van der Waals surface area contributed by atoms with Gasteiger partial charge in [0.2, 0.25) is 5.69 Å². The molecule has 23 heavy (non-hydrogen) atoms. The molecule has 1 aromatic carbocycles. The van der Waals surface area contributed by atoms with Gasteiger partial charge in [0, 0.05) is 24.6 Å². The number of carbonyl (C=O) groups excluding carboxylic acids is 1. The van der Waals surface area contributed by atoms with Crippen molar-refractivity contribution < 1.29 is 9.53 Å². The Bertz CT molecular complexity index is 636. The highest BCUT2D eigenvalue weighted by Crippen LogP contribution is 2.30. The van der Waals surface area contributed by atoms with E-state index in [0.717, 1.165) is 37.4 Å². The van der Waals surface area contributed by atoms with Gasteiger partial charge in [-0.15, -0.1) is 5.10 Å². The molecule has 2 heterocycles. The van der Waals surface area contributed by atoms with E-state index in [1.54, 1.807) is 6.92 Å². The maximum absolute atomic E-state index is 11.9. The van der Waals surface area contributed by atoms with Gasteiger partial charge in [-0.25, -0.2) is 4.79 Å². The molecule has 0 spiro atoms. The first-order valence-electron chi connectivity index (χ1n) is 8.06. The van der Waals surface area contributed by atoms with Crippen LogP contribution in [0.2, 0.25) is 0 Å². The zero-order valence-corrected chi connectivity index (χ0v) is 14.1. The summed E-state index contributed by atoms with van der Waals surface area (Å²) in [6.07, 6.45) is 3.37. The summed E-state index contributed by atoms with van der Waals surface area (Å²) in [7, 11) is 0. The summed E-state index contributed by atoms with van der Waals surface area (Å²) >= 11 is 1.28. The number of carbonyl (C=O) groups is 1. The molecule has 0 amide bonds. The van der Waals surface area contributed by atoms with Gasteiger partial charge < -0.3 is 9.64 Å². The lowest BCUT2D eigenvalue weighted by Gasteiger charge is -2.32. The van der Waals surface area contributed by atoms with Crippen molar-refractivity contribution in [3.05, 3.63) is 41.6 Å². The summed E-state index contributed by atoms with van der Waals surface area (Å²) in [5, 5.41) is 4.80. The highest BCUT2D eigenvalue weighted by molar-refractivity contribution is 7.10. The SMILES string of the molecule is CCOC(=O)c1nnsc1N1CCC(Cc2ccccc2)CC1. The molecule has 1 aliphatic rings. The van der Waals surface area contributed by atoms with E-state index in [-0.39, 0.29) is 5.97 Å². The zero-order chi connectivity index (χ0) is 16.1. The fraction of sp³-hybridized carbons (Fsp3) is 0.471. The molecular formula is C17H21N3O2S. The van der Waals surface area contributed by atoms with Gasteiger partial charge >= 0.3 is 5.97 Å². The summed E-state index contributed by atoms with van der Waals surface area (Å²) in [6.45, 7) is 4.03. The van der Waals surface area contributed by atoms with E-state index < -0.39 is 0 Å². The molecule has 6 heteroatoms. The number of nitrogens with zero attached hydrogens (tertiary/aromatic N) is 3. The van der Waals surface area contributed by atoms with Crippen LogP contribution in [-0.2, 0) is 11.2 Å². The molecule has 1 aliphatic heterocycles. The van der Waals surface area contributed by atoms with Gasteiger partial charge in [0.1, 0.15) is 5.00 Å². The molecule has 5 nitrogen and oxygen atoms in total. The van der Waals surface area contributed by atoms with E-state index >= 15 is 0 Å². The lowest BCUT2D eigenvalue weighted by molar-refractivity contribution is 0.0520. The standard InChI is InChI=1S/C17H21N3O2S/c1-2-22-17(21)15-16(23-19-18-15)20-10-8-14(9-11-20)12-13-6-4-3-5-7-13/h3-7,14H,2,8-12H2,1H3. The molecule has 1 aromatic heterocycles. The molecule has 1 saturated heterocycles. The van der Waals surface area contributed by atoms with Gasteiger partial charge in [0.25, 0.3) is 0 Å². The summed E-state index contributed by atoms with van der Waals surface area (Å²) in [5.74, 6) is 0.322. The predicted molar refractivity (Wildman–Crippen MR) is 90.9 cm³/mol. The number of anilines is 1. The van der Waals surface area contributed by atoms with Crippen molar-refractivity contribution in [2.24, 2.45) is 5.92 Å². The van der Waals surface area contributed by atoms with Crippen molar-refractivity contribution in [3.63, 3.8) is 0 Å². The van der Waals surface area contributed by atoms with Gasteiger partial charge in [-0.05, 0) is 37.7 Å². The van der Waals surface area contributed by atoms with E-state index in [1.807, 2.05) is 0 Å². The molecule has 122 valence electrons. The van der Waals surface area contributed by atoms with Gasteiger partial charge in [0.05, 0.1) is 6.61 Å². The van der Waals surface area contributed by atoms with Crippen LogP contribution in [0.1, 0.15) is 35.8 Å². The Hall–Kier alpha value is -1.95. The summed E-state index contributed by atoms with van der Waals surface area (Å²) < 4.78 is 8.99. The fourth-order valence-electron chi connectivity index (χ4n) is 3.01. The van der Waals surface area contributed by atoms with Crippen LogP contribution >= 0.6 is 11.5 Å². The Kier molecular flexibility index (Phi) is 5.23. The van der Waals surface area contributed by atoms with Crippen molar-refractivity contribution in [3.8, 4) is 0 Å². The number of piperidine rings is 1. The van der Waals surface area contributed by atoms with Crippen molar-refractivity contribution in [2.75, 3.05) is 24.6 Å². The molecule has 0 atom stereocenters. The Labute approximate surface area is 140 Å². The molecular weight excluding hydrogens is 310 g/mol. The van der Waals surface area contributed by atoms with Crippen LogP contribution in [0, 0.1) is 5.92 Å². The van der Waals surface area contributed by atoms with Crippen LogP contribution in [0.25, 0.3) is 0 Å². The topological polar surface area (TPSA) is 55.3 Å². The maximum Gasteiger partial charge on any atom is 0.362 e. The number of aromatic nitrogens is 2. The summed E-state index contributed by atoms with van der Waals surface area (Å²) in [4.78, 5) is 14.2. The van der Waals surface area contributed by atoms with Crippen LogP contribution < -0.4 is 4.90 Å². The molecule has 0 unspecified atom stereocenters. The van der Waals surface area contributed by atoms with E-state index in [2.05, 4.69) is 44.8 Å². The highest BCUT2D eigenvalue weighted by atomic mass is 32.1. The first-order chi connectivity index (χ1) is 11.3. The van der Waals surface area contributed by atoms with E-state index in [1.165, 1.54) is 17.1 Å². The van der Waals surface area contributed by atoms with Gasteiger partial charge in [-0.1, -0.05) is 34.8 Å². The average molecular weight is 331 g/mol. The smallest absolute Gasteiger partial charge is 0.362 e. The van der Waals surface area contributed by atoms with Gasteiger partial charge in [0.15, 0.2) is 0 Å². The minimum Gasteiger partial charge on any atom is -0.461 e. The Morgan fingerprint density at radius 2 is 2.04 bits per heavy atom. The quantitative estimate of drug-likeness (QED) is 0.788. The number of esters is 1. The lowest BCUT2D eigenvalue weighted by atomic mass is 9.90. The summed E-state index contributed by atoms with van der Waals surface area (Å²) in [5.41, 5.74) is 1.76. The third-order valence-corrected chi connectivity index (χ3v) is 5.00. The molecule has 0 N–H and O–H groups in total. The second-order valence-electron chi connectivity index (χ2n) is 5.77. The van der Waals surface area contributed by atoms with Crippen molar-refractivity contribution >= 4 is 22.5 Å². The number of rotatable bonds is 5. The van der Waals surface area contributed by atoms with Crippen LogP contribution in [0.3, 0.4) is 0 Å². The molecule has 0 radical (unpaired) electrons. The second-order valence-corrected chi connectivity index (χ2v) is 6.50. The number of benzene rings is 1. The average Bonchev–Trinajstić information content (AvgIpc) is 3.06. The first kappa shape index (κ1) is 15.9. The maximum atomic E-state index is 11.9. The third-order valence-electron chi connectivity index (χ3n) is 4.21. The lowest BCUT2D eigenvalue weighted by Crippen LogP contribution is -2.34. The number of ether oxygens (including phenoxy) is 1. The van der Waals surface area contributed by atoms with Crippen LogP contribution in [-0.4, -0.2) is 35.3 Å². The van der Waals surface area contributed by atoms with Crippen molar-refractivity contribution in [1.82, 2.24) is 9.59 Å². The first-order valence-corrected chi connectivity index (χ1v) is 8.83.